The lowest BCUT2D eigenvalue weighted by molar-refractivity contribution is -0.338. The Balaban J connectivity index is 1.88. The zero-order valence-corrected chi connectivity index (χ0v) is 9.65. The van der Waals surface area contributed by atoms with Gasteiger partial charge in [0.15, 0.2) is 11.5 Å². The maximum absolute atomic E-state index is 13.0. The molecule has 18 heavy (non-hydrogen) atoms. The first-order valence-electron chi connectivity index (χ1n) is 5.77. The molecule has 1 aliphatic heterocycles. The van der Waals surface area contributed by atoms with Crippen molar-refractivity contribution in [3.05, 3.63) is 23.7 Å². The second kappa shape index (κ2) is 3.24. The van der Waals surface area contributed by atoms with Crippen LogP contribution in [0.25, 0.3) is 0 Å². The van der Waals surface area contributed by atoms with Crippen LogP contribution in [0.3, 0.4) is 0 Å². The SMILES string of the molecule is CC1C2=C(C=CC1C1(C(=O)O)CC1)OC(F)(F)O2. The van der Waals surface area contributed by atoms with E-state index in [-0.39, 0.29) is 17.4 Å². The lowest BCUT2D eigenvalue weighted by Crippen LogP contribution is -2.31. The van der Waals surface area contributed by atoms with Crippen LogP contribution in [-0.4, -0.2) is 17.4 Å². The lowest BCUT2D eigenvalue weighted by atomic mass is 9.76. The summed E-state index contributed by atoms with van der Waals surface area (Å²) in [5.74, 6) is -1.56. The van der Waals surface area contributed by atoms with Gasteiger partial charge in [-0.05, 0) is 18.9 Å². The molecule has 2 unspecified atom stereocenters. The van der Waals surface area contributed by atoms with E-state index in [1.165, 1.54) is 6.08 Å². The molecule has 0 aromatic heterocycles. The van der Waals surface area contributed by atoms with Crippen molar-refractivity contribution in [3.63, 3.8) is 0 Å². The van der Waals surface area contributed by atoms with E-state index in [9.17, 15) is 18.7 Å². The van der Waals surface area contributed by atoms with Gasteiger partial charge in [0, 0.05) is 11.8 Å². The molecule has 0 spiro atoms. The van der Waals surface area contributed by atoms with Gasteiger partial charge in [0.1, 0.15) is 0 Å². The number of aliphatic carboxylic acids is 1. The second-order valence-electron chi connectivity index (χ2n) is 5.03. The number of rotatable bonds is 2. The van der Waals surface area contributed by atoms with E-state index in [1.807, 2.05) is 0 Å². The van der Waals surface area contributed by atoms with Gasteiger partial charge in [0.05, 0.1) is 5.41 Å². The third-order valence-corrected chi connectivity index (χ3v) is 3.96. The van der Waals surface area contributed by atoms with E-state index in [4.69, 9.17) is 0 Å². The maximum Gasteiger partial charge on any atom is 0.585 e. The summed E-state index contributed by atoms with van der Waals surface area (Å²) in [5.41, 5.74) is -0.824. The van der Waals surface area contributed by atoms with Crippen molar-refractivity contribution in [3.8, 4) is 0 Å². The Hall–Kier alpha value is -1.59. The fourth-order valence-corrected chi connectivity index (χ4v) is 2.82. The normalized spacial score (nSPS) is 34.6. The molecule has 3 rings (SSSR count). The predicted octanol–water partition coefficient (Wildman–Crippen LogP) is 2.48. The van der Waals surface area contributed by atoms with Gasteiger partial charge < -0.3 is 14.6 Å². The van der Waals surface area contributed by atoms with Crippen molar-refractivity contribution in [1.82, 2.24) is 0 Å². The van der Waals surface area contributed by atoms with Gasteiger partial charge in [-0.2, -0.15) is 0 Å². The zero-order valence-electron chi connectivity index (χ0n) is 9.65. The molecule has 0 aromatic carbocycles. The summed E-state index contributed by atoms with van der Waals surface area (Å²) in [6, 6.07) is 0. The molecule has 3 aliphatic rings. The monoisotopic (exact) mass is 258 g/mol. The third kappa shape index (κ3) is 1.44. The standard InChI is InChI=1S/C12H12F2O4/c1-6-7(11(4-5-11)10(15)16)2-3-8-9(6)18-12(13,14)17-8/h2-3,6-7H,4-5H2,1H3,(H,15,16). The molecule has 2 aliphatic carbocycles. The second-order valence-corrected chi connectivity index (χ2v) is 5.03. The molecule has 6 heteroatoms. The molecular formula is C12H12F2O4. The summed E-state index contributed by atoms with van der Waals surface area (Å²) in [6.45, 7) is 1.69. The van der Waals surface area contributed by atoms with Crippen molar-refractivity contribution in [2.45, 2.75) is 26.1 Å². The van der Waals surface area contributed by atoms with Crippen LogP contribution in [0, 0.1) is 17.3 Å². The number of allylic oxidation sites excluding steroid dienone is 3. The molecule has 0 bridgehead atoms. The van der Waals surface area contributed by atoms with Gasteiger partial charge in [0.2, 0.25) is 0 Å². The first-order chi connectivity index (χ1) is 8.36. The van der Waals surface area contributed by atoms with Crippen molar-refractivity contribution in [2.24, 2.45) is 17.3 Å². The summed E-state index contributed by atoms with van der Waals surface area (Å²) in [4.78, 5) is 11.3. The molecule has 4 nitrogen and oxygen atoms in total. The van der Waals surface area contributed by atoms with E-state index in [0.717, 1.165) is 0 Å². The highest BCUT2D eigenvalue weighted by Crippen LogP contribution is 2.58. The Morgan fingerprint density at radius 2 is 2.11 bits per heavy atom. The number of halogens is 2. The Morgan fingerprint density at radius 3 is 2.67 bits per heavy atom. The minimum absolute atomic E-state index is 0.00457. The molecule has 98 valence electrons. The molecule has 1 saturated carbocycles. The van der Waals surface area contributed by atoms with Crippen LogP contribution in [0.4, 0.5) is 8.78 Å². The fourth-order valence-electron chi connectivity index (χ4n) is 2.82. The molecule has 0 radical (unpaired) electrons. The highest BCUT2D eigenvalue weighted by molar-refractivity contribution is 5.78. The Labute approximate surface area is 102 Å². The zero-order chi connectivity index (χ0) is 13.1. The average molecular weight is 258 g/mol. The predicted molar refractivity (Wildman–Crippen MR) is 55.2 cm³/mol. The number of carbonyl (C=O) groups is 1. The lowest BCUT2D eigenvalue weighted by Gasteiger charge is -2.28. The van der Waals surface area contributed by atoms with Crippen LogP contribution in [-0.2, 0) is 14.3 Å². The Morgan fingerprint density at radius 1 is 1.44 bits per heavy atom. The van der Waals surface area contributed by atoms with Crippen molar-refractivity contribution in [2.75, 3.05) is 0 Å². The van der Waals surface area contributed by atoms with Gasteiger partial charge in [-0.25, -0.2) is 0 Å². The van der Waals surface area contributed by atoms with Crippen LogP contribution < -0.4 is 0 Å². The van der Waals surface area contributed by atoms with Crippen LogP contribution in [0.5, 0.6) is 0 Å². The fraction of sp³-hybridized carbons (Fsp3) is 0.583. The van der Waals surface area contributed by atoms with E-state index in [1.54, 1.807) is 13.0 Å². The van der Waals surface area contributed by atoms with Crippen LogP contribution >= 0.6 is 0 Å². The smallest absolute Gasteiger partial charge is 0.481 e. The van der Waals surface area contributed by atoms with E-state index in [0.29, 0.717) is 12.8 Å². The van der Waals surface area contributed by atoms with Crippen molar-refractivity contribution < 1.29 is 28.2 Å². The summed E-state index contributed by atoms with van der Waals surface area (Å²) in [7, 11) is 0. The van der Waals surface area contributed by atoms with E-state index in [2.05, 4.69) is 9.47 Å². The number of alkyl halides is 2. The molecule has 0 aromatic rings. The van der Waals surface area contributed by atoms with Gasteiger partial charge in [-0.1, -0.05) is 13.0 Å². The highest BCUT2D eigenvalue weighted by atomic mass is 19.3. The largest absolute Gasteiger partial charge is 0.585 e. The van der Waals surface area contributed by atoms with Crippen LogP contribution in [0.15, 0.2) is 23.7 Å². The van der Waals surface area contributed by atoms with Gasteiger partial charge in [0.25, 0.3) is 0 Å². The number of carboxylic acid groups (broad SMARTS) is 1. The van der Waals surface area contributed by atoms with Crippen LogP contribution in [0.2, 0.25) is 0 Å². The number of carboxylic acids is 1. The summed E-state index contributed by atoms with van der Waals surface area (Å²) < 4.78 is 34.8. The summed E-state index contributed by atoms with van der Waals surface area (Å²) in [6.07, 6.45) is 0.542. The van der Waals surface area contributed by atoms with Gasteiger partial charge in [-0.3, -0.25) is 4.79 Å². The number of hydrogen-bond acceptors (Lipinski definition) is 3. The molecule has 1 heterocycles. The van der Waals surface area contributed by atoms with Crippen molar-refractivity contribution >= 4 is 5.97 Å². The minimum Gasteiger partial charge on any atom is -0.481 e. The van der Waals surface area contributed by atoms with Gasteiger partial charge >= 0.3 is 12.3 Å². The minimum atomic E-state index is -3.64. The molecule has 0 amide bonds. The first-order valence-corrected chi connectivity index (χ1v) is 5.77. The molecule has 1 N–H and O–H groups in total. The first kappa shape index (κ1) is 11.5. The maximum atomic E-state index is 13.0. The number of hydrogen-bond donors (Lipinski definition) is 1. The van der Waals surface area contributed by atoms with E-state index < -0.39 is 23.6 Å². The topological polar surface area (TPSA) is 55.8 Å². The Kier molecular flexibility index (Phi) is 2.07. The Bertz CT molecular complexity index is 476. The third-order valence-electron chi connectivity index (χ3n) is 3.96. The molecule has 1 fully saturated rings. The summed E-state index contributed by atoms with van der Waals surface area (Å²) >= 11 is 0. The molecule has 0 saturated heterocycles. The molecule has 2 atom stereocenters. The number of ether oxygens (including phenoxy) is 2. The summed E-state index contributed by atoms with van der Waals surface area (Å²) in [5, 5.41) is 9.25. The van der Waals surface area contributed by atoms with Crippen molar-refractivity contribution in [1.29, 1.82) is 0 Å². The van der Waals surface area contributed by atoms with E-state index >= 15 is 0 Å². The quantitative estimate of drug-likeness (QED) is 0.826. The highest BCUT2D eigenvalue weighted by Gasteiger charge is 2.59. The average Bonchev–Trinajstić information content (AvgIpc) is 2.98. The molecular weight excluding hydrogens is 246 g/mol. The van der Waals surface area contributed by atoms with Crippen LogP contribution in [0.1, 0.15) is 19.8 Å². The van der Waals surface area contributed by atoms with Gasteiger partial charge in [-0.15, -0.1) is 8.78 Å².